The fraction of sp³-hybridized carbons (Fsp3) is 0.211. The van der Waals surface area contributed by atoms with Crippen molar-refractivity contribution in [1.82, 2.24) is 0 Å². The summed E-state index contributed by atoms with van der Waals surface area (Å²) >= 11 is 0. The Hall–Kier alpha value is -2.96. The van der Waals surface area contributed by atoms with Gasteiger partial charge in [0, 0.05) is 12.5 Å². The van der Waals surface area contributed by atoms with Gasteiger partial charge in [-0.2, -0.15) is 0 Å². The molecule has 2 aromatic carbocycles. The van der Waals surface area contributed by atoms with Crippen LogP contribution in [0.15, 0.2) is 57.7 Å². The lowest BCUT2D eigenvalue weighted by Gasteiger charge is -2.09. The third-order valence-electron chi connectivity index (χ3n) is 3.83. The molecule has 1 aromatic heterocycles. The van der Waals surface area contributed by atoms with Gasteiger partial charge in [-0.1, -0.05) is 18.2 Å². The van der Waals surface area contributed by atoms with Gasteiger partial charge in [0.05, 0.1) is 0 Å². The van der Waals surface area contributed by atoms with E-state index in [0.717, 1.165) is 5.56 Å². The first kappa shape index (κ1) is 17.8. The van der Waals surface area contributed by atoms with Crippen LogP contribution in [0.4, 0.5) is 13.2 Å². The van der Waals surface area contributed by atoms with Crippen LogP contribution in [0.1, 0.15) is 17.7 Å². The molecule has 0 atom stereocenters. The summed E-state index contributed by atoms with van der Waals surface area (Å²) in [5.74, 6) is 0.107. The predicted molar refractivity (Wildman–Crippen MR) is 89.3 cm³/mol. The third kappa shape index (κ3) is 4.36. The van der Waals surface area contributed by atoms with E-state index in [1.54, 1.807) is 24.3 Å². The SMILES string of the molecule is O=c1cc(CCCc2ccc(OC(F)(F)F)cc2)oc2cccc(O)c12. The molecule has 0 radical (unpaired) electrons. The molecule has 0 fully saturated rings. The number of phenolic OH excluding ortho intramolecular Hbond substituents is 1. The summed E-state index contributed by atoms with van der Waals surface area (Å²) in [4.78, 5) is 12.1. The van der Waals surface area contributed by atoms with Gasteiger partial charge in [-0.15, -0.1) is 13.2 Å². The zero-order chi connectivity index (χ0) is 18.7. The maximum absolute atomic E-state index is 12.1. The number of rotatable bonds is 5. The third-order valence-corrected chi connectivity index (χ3v) is 3.83. The number of benzene rings is 2. The Kier molecular flexibility index (Phi) is 4.88. The molecule has 0 amide bonds. The quantitative estimate of drug-likeness (QED) is 0.720. The van der Waals surface area contributed by atoms with Crippen LogP contribution < -0.4 is 10.2 Å². The van der Waals surface area contributed by atoms with Crippen LogP contribution in [0.25, 0.3) is 11.0 Å². The highest BCUT2D eigenvalue weighted by atomic mass is 19.4. The van der Waals surface area contributed by atoms with Crippen LogP contribution in [0.2, 0.25) is 0 Å². The molecule has 0 aliphatic heterocycles. The van der Waals surface area contributed by atoms with Gasteiger partial charge in [0.1, 0.15) is 28.2 Å². The second kappa shape index (κ2) is 7.11. The molecule has 0 spiro atoms. The van der Waals surface area contributed by atoms with Gasteiger partial charge in [-0.25, -0.2) is 0 Å². The van der Waals surface area contributed by atoms with E-state index in [2.05, 4.69) is 4.74 Å². The summed E-state index contributed by atoms with van der Waals surface area (Å²) in [6, 6.07) is 11.6. The molecule has 1 heterocycles. The zero-order valence-electron chi connectivity index (χ0n) is 13.5. The highest BCUT2D eigenvalue weighted by molar-refractivity contribution is 5.82. The van der Waals surface area contributed by atoms with Gasteiger partial charge in [-0.3, -0.25) is 4.79 Å². The first-order valence-electron chi connectivity index (χ1n) is 7.91. The van der Waals surface area contributed by atoms with E-state index in [1.807, 2.05) is 0 Å². The van der Waals surface area contributed by atoms with Crippen molar-refractivity contribution in [2.75, 3.05) is 0 Å². The van der Waals surface area contributed by atoms with Gasteiger partial charge in [0.2, 0.25) is 0 Å². The molecule has 0 aliphatic carbocycles. The van der Waals surface area contributed by atoms with Crippen molar-refractivity contribution >= 4 is 11.0 Å². The summed E-state index contributed by atoms with van der Waals surface area (Å²) in [6.07, 6.45) is -2.97. The molecular weight excluding hydrogens is 349 g/mol. The summed E-state index contributed by atoms with van der Waals surface area (Å²) in [5.41, 5.74) is 0.856. The van der Waals surface area contributed by atoms with Gasteiger partial charge < -0.3 is 14.3 Å². The minimum atomic E-state index is -4.70. The fourth-order valence-corrected chi connectivity index (χ4v) is 2.69. The number of halogens is 3. The Balaban J connectivity index is 1.63. The monoisotopic (exact) mass is 364 g/mol. The Bertz CT molecular complexity index is 959. The van der Waals surface area contributed by atoms with Crippen LogP contribution in [0.3, 0.4) is 0 Å². The number of fused-ring (bicyclic) bond motifs is 1. The zero-order valence-corrected chi connectivity index (χ0v) is 13.5. The van der Waals surface area contributed by atoms with Gasteiger partial charge in [0.25, 0.3) is 0 Å². The molecule has 0 saturated heterocycles. The van der Waals surface area contributed by atoms with Crippen molar-refractivity contribution in [1.29, 1.82) is 0 Å². The highest BCUT2D eigenvalue weighted by Gasteiger charge is 2.30. The molecule has 136 valence electrons. The molecule has 4 nitrogen and oxygen atoms in total. The minimum absolute atomic E-state index is 0.121. The Morgan fingerprint density at radius 2 is 1.77 bits per heavy atom. The summed E-state index contributed by atoms with van der Waals surface area (Å²) in [7, 11) is 0. The maximum atomic E-state index is 12.1. The summed E-state index contributed by atoms with van der Waals surface area (Å²) in [5, 5.41) is 9.87. The second-order valence-electron chi connectivity index (χ2n) is 5.77. The highest BCUT2D eigenvalue weighted by Crippen LogP contribution is 2.24. The average molecular weight is 364 g/mol. The van der Waals surface area contributed by atoms with Crippen molar-refractivity contribution in [2.45, 2.75) is 25.6 Å². The molecule has 7 heteroatoms. The normalized spacial score (nSPS) is 11.7. The molecule has 0 bridgehead atoms. The molecule has 0 aliphatic rings. The second-order valence-corrected chi connectivity index (χ2v) is 5.77. The molecule has 0 saturated carbocycles. The van der Waals surface area contributed by atoms with Crippen LogP contribution in [0, 0.1) is 0 Å². The molecule has 3 rings (SSSR count). The van der Waals surface area contributed by atoms with Crippen LogP contribution in [0.5, 0.6) is 11.5 Å². The van der Waals surface area contributed by atoms with Crippen LogP contribution >= 0.6 is 0 Å². The lowest BCUT2D eigenvalue weighted by molar-refractivity contribution is -0.274. The summed E-state index contributed by atoms with van der Waals surface area (Å²) < 4.78 is 45.8. The number of hydrogen-bond donors (Lipinski definition) is 1. The molecule has 3 aromatic rings. The Morgan fingerprint density at radius 1 is 1.04 bits per heavy atom. The Morgan fingerprint density at radius 3 is 2.46 bits per heavy atom. The van der Waals surface area contributed by atoms with Crippen LogP contribution in [-0.4, -0.2) is 11.5 Å². The first-order chi connectivity index (χ1) is 12.3. The van der Waals surface area contributed by atoms with Gasteiger partial charge in [0.15, 0.2) is 5.43 Å². The van der Waals surface area contributed by atoms with E-state index in [9.17, 15) is 23.1 Å². The maximum Gasteiger partial charge on any atom is 0.573 e. The van der Waals surface area contributed by atoms with Crippen molar-refractivity contribution in [3.05, 3.63) is 70.1 Å². The lowest BCUT2D eigenvalue weighted by atomic mass is 10.1. The van der Waals surface area contributed by atoms with Crippen molar-refractivity contribution in [3.63, 3.8) is 0 Å². The number of alkyl halides is 3. The predicted octanol–water partition coefficient (Wildman–Crippen LogP) is 4.57. The molecule has 26 heavy (non-hydrogen) atoms. The molecule has 0 unspecified atom stereocenters. The largest absolute Gasteiger partial charge is 0.573 e. The average Bonchev–Trinajstić information content (AvgIpc) is 2.55. The Labute approximate surface area is 146 Å². The standard InChI is InChI=1S/C19H15F3O4/c20-19(21,22)26-13-9-7-12(8-10-13)3-1-4-14-11-16(24)18-15(23)5-2-6-17(18)25-14/h2,5-11,23H,1,3-4H2. The van der Waals surface area contributed by atoms with Crippen LogP contribution in [-0.2, 0) is 12.8 Å². The number of hydrogen-bond acceptors (Lipinski definition) is 4. The van der Waals surface area contributed by atoms with E-state index in [-0.39, 0.29) is 22.3 Å². The van der Waals surface area contributed by atoms with E-state index in [0.29, 0.717) is 30.6 Å². The van der Waals surface area contributed by atoms with E-state index in [1.165, 1.54) is 24.3 Å². The first-order valence-corrected chi connectivity index (χ1v) is 7.91. The van der Waals surface area contributed by atoms with E-state index in [4.69, 9.17) is 4.42 Å². The lowest BCUT2D eigenvalue weighted by Crippen LogP contribution is -2.17. The van der Waals surface area contributed by atoms with Crippen molar-refractivity contribution in [2.24, 2.45) is 0 Å². The summed E-state index contributed by atoms with van der Waals surface area (Å²) in [6.45, 7) is 0. The van der Waals surface area contributed by atoms with E-state index >= 15 is 0 Å². The molecule has 1 N–H and O–H groups in total. The topological polar surface area (TPSA) is 59.7 Å². The van der Waals surface area contributed by atoms with Crippen molar-refractivity contribution in [3.8, 4) is 11.5 Å². The van der Waals surface area contributed by atoms with Gasteiger partial charge in [-0.05, 0) is 42.7 Å². The minimum Gasteiger partial charge on any atom is -0.507 e. The number of aryl methyl sites for hydroxylation is 2. The number of phenols is 1. The van der Waals surface area contributed by atoms with Gasteiger partial charge >= 0.3 is 6.36 Å². The number of aromatic hydroxyl groups is 1. The van der Waals surface area contributed by atoms with E-state index < -0.39 is 6.36 Å². The fourth-order valence-electron chi connectivity index (χ4n) is 2.69. The van der Waals surface area contributed by atoms with Crippen molar-refractivity contribution < 1.29 is 27.4 Å². The smallest absolute Gasteiger partial charge is 0.507 e. The molecular formula is C19H15F3O4. The number of ether oxygens (including phenoxy) is 1.